The van der Waals surface area contributed by atoms with Crippen LogP contribution >= 0.6 is 0 Å². The van der Waals surface area contributed by atoms with E-state index in [-0.39, 0.29) is 5.41 Å². The van der Waals surface area contributed by atoms with Gasteiger partial charge in [-0.15, -0.1) is 0 Å². The van der Waals surface area contributed by atoms with Crippen molar-refractivity contribution in [1.29, 1.82) is 0 Å². The molecule has 2 N–H and O–H groups in total. The highest BCUT2D eigenvalue weighted by Gasteiger charge is 2.41. The summed E-state index contributed by atoms with van der Waals surface area (Å²) in [6.45, 7) is 5.45. The summed E-state index contributed by atoms with van der Waals surface area (Å²) in [6, 6.07) is 5.43. The maximum absolute atomic E-state index is 12.4. The maximum Gasteiger partial charge on any atom is 0.240 e. The average molecular weight is 310 g/mol. The molecule has 5 heteroatoms. The van der Waals surface area contributed by atoms with Gasteiger partial charge >= 0.3 is 0 Å². The molecule has 1 aliphatic rings. The lowest BCUT2D eigenvalue weighted by Gasteiger charge is -2.15. The van der Waals surface area contributed by atoms with Crippen molar-refractivity contribution in [3.05, 3.63) is 29.3 Å². The third kappa shape index (κ3) is 3.84. The third-order valence-corrected chi connectivity index (χ3v) is 5.98. The van der Waals surface area contributed by atoms with Crippen molar-refractivity contribution in [3.63, 3.8) is 0 Å². The molecule has 118 valence electrons. The van der Waals surface area contributed by atoms with Crippen LogP contribution in [0.15, 0.2) is 23.1 Å². The quantitative estimate of drug-likeness (QED) is 0.775. The molecule has 2 rings (SSSR count). The summed E-state index contributed by atoms with van der Waals surface area (Å²) < 4.78 is 27.7. The highest BCUT2D eigenvalue weighted by Crippen LogP contribution is 2.48. The summed E-state index contributed by atoms with van der Waals surface area (Å²) in [5, 5.41) is 3.10. The van der Waals surface area contributed by atoms with Gasteiger partial charge in [0.25, 0.3) is 0 Å². The van der Waals surface area contributed by atoms with Gasteiger partial charge in [-0.2, -0.15) is 0 Å². The van der Waals surface area contributed by atoms with E-state index in [2.05, 4.69) is 23.9 Å². The highest BCUT2D eigenvalue weighted by atomic mass is 32.2. The Morgan fingerprint density at radius 3 is 2.43 bits per heavy atom. The first-order valence-corrected chi connectivity index (χ1v) is 9.21. The summed E-state index contributed by atoms with van der Waals surface area (Å²) in [5.74, 6) is 0. The molecule has 0 aliphatic heterocycles. The molecule has 0 amide bonds. The standard InChI is InChI=1S/C16H26N2O2S/c1-4-13-6-7-15(10-14(13)11-17-3)21(19,20)18-12-16(5-2)8-9-16/h6-7,10,17-18H,4-5,8-9,11-12H2,1-3H3. The molecule has 0 aromatic heterocycles. The van der Waals surface area contributed by atoms with E-state index in [0.717, 1.165) is 31.2 Å². The Labute approximate surface area is 128 Å². The summed E-state index contributed by atoms with van der Waals surface area (Å²) >= 11 is 0. The molecular formula is C16H26N2O2S. The van der Waals surface area contributed by atoms with Gasteiger partial charge in [-0.25, -0.2) is 13.1 Å². The van der Waals surface area contributed by atoms with Gasteiger partial charge in [0.15, 0.2) is 0 Å². The fraction of sp³-hybridized carbons (Fsp3) is 0.625. The van der Waals surface area contributed by atoms with Crippen LogP contribution in [0.5, 0.6) is 0 Å². The van der Waals surface area contributed by atoms with Crippen LogP contribution in [0.3, 0.4) is 0 Å². The van der Waals surface area contributed by atoms with Crippen LogP contribution in [0.1, 0.15) is 44.2 Å². The van der Waals surface area contributed by atoms with E-state index in [1.165, 1.54) is 5.56 Å². The molecule has 0 atom stereocenters. The van der Waals surface area contributed by atoms with Gasteiger partial charge in [-0.3, -0.25) is 0 Å². The predicted molar refractivity (Wildman–Crippen MR) is 85.7 cm³/mol. The smallest absolute Gasteiger partial charge is 0.240 e. The Morgan fingerprint density at radius 2 is 1.90 bits per heavy atom. The molecule has 0 bridgehead atoms. The van der Waals surface area contributed by atoms with Crippen LogP contribution in [0, 0.1) is 5.41 Å². The van der Waals surface area contributed by atoms with E-state index in [4.69, 9.17) is 0 Å². The second-order valence-corrected chi connectivity index (χ2v) is 7.76. The first-order valence-electron chi connectivity index (χ1n) is 7.72. The molecule has 0 unspecified atom stereocenters. The molecule has 0 heterocycles. The lowest BCUT2D eigenvalue weighted by Crippen LogP contribution is -2.30. The van der Waals surface area contributed by atoms with Gasteiger partial charge in [0.1, 0.15) is 0 Å². The third-order valence-electron chi connectivity index (χ3n) is 4.58. The molecule has 0 saturated heterocycles. The van der Waals surface area contributed by atoms with E-state index in [0.29, 0.717) is 18.0 Å². The lowest BCUT2D eigenvalue weighted by molar-refractivity contribution is 0.475. The van der Waals surface area contributed by atoms with Crippen LogP contribution in [0.4, 0.5) is 0 Å². The molecule has 1 saturated carbocycles. The largest absolute Gasteiger partial charge is 0.316 e. The van der Waals surface area contributed by atoms with Crippen molar-refractivity contribution in [2.24, 2.45) is 5.41 Å². The molecular weight excluding hydrogens is 284 g/mol. The lowest BCUT2D eigenvalue weighted by atomic mass is 10.1. The Hall–Kier alpha value is -0.910. The van der Waals surface area contributed by atoms with Crippen LogP contribution in [-0.2, 0) is 23.0 Å². The van der Waals surface area contributed by atoms with E-state index in [1.807, 2.05) is 13.1 Å². The summed E-state index contributed by atoms with van der Waals surface area (Å²) in [6.07, 6.45) is 4.20. The van der Waals surface area contributed by atoms with Crippen molar-refractivity contribution in [2.45, 2.75) is 51.0 Å². The fourth-order valence-corrected chi connectivity index (χ4v) is 3.84. The molecule has 21 heavy (non-hydrogen) atoms. The van der Waals surface area contributed by atoms with E-state index in [9.17, 15) is 8.42 Å². The maximum atomic E-state index is 12.4. The summed E-state index contributed by atoms with van der Waals surface area (Å²) in [4.78, 5) is 0.372. The Kier molecular flexibility index (Phi) is 5.07. The van der Waals surface area contributed by atoms with Gasteiger partial charge in [-0.05, 0) is 61.4 Å². The molecule has 0 radical (unpaired) electrons. The zero-order valence-electron chi connectivity index (χ0n) is 13.2. The van der Waals surface area contributed by atoms with Gasteiger partial charge in [-0.1, -0.05) is 19.9 Å². The Morgan fingerprint density at radius 1 is 1.19 bits per heavy atom. The normalized spacial score (nSPS) is 16.9. The minimum absolute atomic E-state index is 0.213. The van der Waals surface area contributed by atoms with Crippen molar-refractivity contribution in [1.82, 2.24) is 10.0 Å². The van der Waals surface area contributed by atoms with Gasteiger partial charge in [0.2, 0.25) is 10.0 Å². The number of sulfonamides is 1. The summed E-state index contributed by atoms with van der Waals surface area (Å²) in [5.41, 5.74) is 2.46. The Bertz CT molecular complexity index is 592. The van der Waals surface area contributed by atoms with E-state index < -0.39 is 10.0 Å². The van der Waals surface area contributed by atoms with Crippen molar-refractivity contribution in [2.75, 3.05) is 13.6 Å². The Balaban J connectivity index is 2.17. The van der Waals surface area contributed by atoms with Crippen molar-refractivity contribution < 1.29 is 8.42 Å². The first kappa shape index (κ1) is 16.5. The fourth-order valence-electron chi connectivity index (χ4n) is 2.63. The zero-order valence-corrected chi connectivity index (χ0v) is 14.0. The molecule has 1 aromatic carbocycles. The second kappa shape index (κ2) is 6.46. The minimum Gasteiger partial charge on any atom is -0.316 e. The van der Waals surface area contributed by atoms with Gasteiger partial charge in [0, 0.05) is 13.1 Å². The number of nitrogens with one attached hydrogen (secondary N) is 2. The molecule has 0 spiro atoms. The second-order valence-electron chi connectivity index (χ2n) is 5.99. The monoisotopic (exact) mass is 310 g/mol. The van der Waals surface area contributed by atoms with Crippen LogP contribution in [0.2, 0.25) is 0 Å². The number of hydrogen-bond donors (Lipinski definition) is 2. The van der Waals surface area contributed by atoms with E-state index in [1.54, 1.807) is 12.1 Å². The average Bonchev–Trinajstić information content (AvgIpc) is 3.26. The molecule has 4 nitrogen and oxygen atoms in total. The zero-order chi connectivity index (χ0) is 15.5. The number of benzene rings is 1. The SMILES string of the molecule is CCc1ccc(S(=O)(=O)NCC2(CC)CC2)cc1CNC. The van der Waals surface area contributed by atoms with Gasteiger partial charge < -0.3 is 5.32 Å². The number of aryl methyl sites for hydroxylation is 1. The van der Waals surface area contributed by atoms with Crippen molar-refractivity contribution >= 4 is 10.0 Å². The van der Waals surface area contributed by atoms with E-state index >= 15 is 0 Å². The number of hydrogen-bond acceptors (Lipinski definition) is 3. The topological polar surface area (TPSA) is 58.2 Å². The van der Waals surface area contributed by atoms with Crippen LogP contribution < -0.4 is 10.0 Å². The minimum atomic E-state index is -3.41. The number of rotatable bonds is 8. The van der Waals surface area contributed by atoms with Crippen molar-refractivity contribution in [3.8, 4) is 0 Å². The molecule has 1 aromatic rings. The summed E-state index contributed by atoms with van der Waals surface area (Å²) in [7, 11) is -1.54. The van der Waals surface area contributed by atoms with Gasteiger partial charge in [0.05, 0.1) is 4.90 Å². The van der Waals surface area contributed by atoms with Crippen LogP contribution in [0.25, 0.3) is 0 Å². The molecule has 1 aliphatic carbocycles. The highest BCUT2D eigenvalue weighted by molar-refractivity contribution is 7.89. The molecule has 1 fully saturated rings. The predicted octanol–water partition coefficient (Wildman–Crippen LogP) is 2.44. The van der Waals surface area contributed by atoms with Crippen LogP contribution in [-0.4, -0.2) is 22.0 Å². The first-order chi connectivity index (χ1) is 9.96.